The monoisotopic (exact) mass is 413 g/mol. The first-order valence-electron chi connectivity index (χ1n) is 9.13. The summed E-state index contributed by atoms with van der Waals surface area (Å²) in [7, 11) is 0. The average molecular weight is 414 g/mol. The summed E-state index contributed by atoms with van der Waals surface area (Å²) in [4.78, 5) is 38.5. The molecule has 1 saturated carbocycles. The number of carbonyl (C=O) groups is 3. The third-order valence-corrected chi connectivity index (χ3v) is 5.38. The van der Waals surface area contributed by atoms with Crippen molar-refractivity contribution in [2.75, 3.05) is 18.4 Å². The van der Waals surface area contributed by atoms with E-state index in [1.807, 2.05) is 0 Å². The van der Waals surface area contributed by atoms with Gasteiger partial charge in [-0.25, -0.2) is 0 Å². The molecule has 2 rings (SSSR count). The molecular formula is C19H25Cl2N3O3. The van der Waals surface area contributed by atoms with Crippen LogP contribution < -0.4 is 10.6 Å². The van der Waals surface area contributed by atoms with Crippen LogP contribution in [0.3, 0.4) is 0 Å². The summed E-state index contributed by atoms with van der Waals surface area (Å²) in [6, 6.07) is 4.33. The van der Waals surface area contributed by atoms with Crippen molar-refractivity contribution < 1.29 is 14.4 Å². The van der Waals surface area contributed by atoms with Gasteiger partial charge in [0.05, 0.1) is 22.3 Å². The number of benzene rings is 1. The fourth-order valence-electron chi connectivity index (χ4n) is 3.40. The Labute approximate surface area is 169 Å². The van der Waals surface area contributed by atoms with Gasteiger partial charge in [-0.3, -0.25) is 14.4 Å². The second kappa shape index (κ2) is 9.95. The van der Waals surface area contributed by atoms with E-state index in [4.69, 9.17) is 23.2 Å². The molecule has 0 aromatic heterocycles. The summed E-state index contributed by atoms with van der Waals surface area (Å²) in [6.45, 7) is 3.41. The largest absolute Gasteiger partial charge is 0.344 e. The zero-order valence-electron chi connectivity index (χ0n) is 15.6. The molecule has 1 fully saturated rings. The topological polar surface area (TPSA) is 78.5 Å². The number of likely N-dealkylation sites (N-methyl/N-ethyl adjacent to an activating group) is 1. The number of nitrogens with one attached hydrogen (secondary N) is 2. The molecule has 1 aromatic rings. The first kappa shape index (κ1) is 21.5. The molecule has 0 bridgehead atoms. The lowest BCUT2D eigenvalue weighted by Crippen LogP contribution is -2.52. The standard InChI is InChI=1S/C19H25Cl2N3O3/c1-3-24(11-16(26)23-18-14(20)9-6-10-15(18)21)19(27)17(22-12(2)25)13-7-4-5-8-13/h6,9-10,13,17H,3-5,7-8,11H2,1-2H3,(H,22,25)(H,23,26). The van der Waals surface area contributed by atoms with Crippen molar-refractivity contribution in [2.45, 2.75) is 45.6 Å². The smallest absolute Gasteiger partial charge is 0.245 e. The molecule has 0 saturated heterocycles. The fraction of sp³-hybridized carbons (Fsp3) is 0.526. The van der Waals surface area contributed by atoms with Gasteiger partial charge in [0.1, 0.15) is 6.04 Å². The van der Waals surface area contributed by atoms with Crippen molar-refractivity contribution in [2.24, 2.45) is 5.92 Å². The van der Waals surface area contributed by atoms with Gasteiger partial charge in [0.2, 0.25) is 17.7 Å². The zero-order valence-corrected chi connectivity index (χ0v) is 17.1. The number of carbonyl (C=O) groups excluding carboxylic acids is 3. The molecule has 1 atom stereocenters. The van der Waals surface area contributed by atoms with E-state index < -0.39 is 11.9 Å². The molecule has 3 amide bonds. The summed E-state index contributed by atoms with van der Waals surface area (Å²) in [5.41, 5.74) is 0.323. The average Bonchev–Trinajstić information content (AvgIpc) is 3.14. The SMILES string of the molecule is CCN(CC(=O)Nc1c(Cl)cccc1Cl)C(=O)C(NC(C)=O)C1CCCC1. The Morgan fingerprint density at radius 1 is 1.19 bits per heavy atom. The Balaban J connectivity index is 2.08. The van der Waals surface area contributed by atoms with Crippen LogP contribution in [0, 0.1) is 5.92 Å². The predicted octanol–water partition coefficient (Wildman–Crippen LogP) is 3.48. The molecule has 27 heavy (non-hydrogen) atoms. The lowest BCUT2D eigenvalue weighted by Gasteiger charge is -2.29. The van der Waals surface area contributed by atoms with Gasteiger partial charge in [-0.1, -0.05) is 42.1 Å². The van der Waals surface area contributed by atoms with Crippen LogP contribution in [0.2, 0.25) is 10.0 Å². The molecule has 148 valence electrons. The van der Waals surface area contributed by atoms with Gasteiger partial charge in [-0.15, -0.1) is 0 Å². The molecule has 0 aliphatic heterocycles. The Bertz CT molecular complexity index is 685. The van der Waals surface area contributed by atoms with Crippen molar-refractivity contribution in [3.05, 3.63) is 28.2 Å². The van der Waals surface area contributed by atoms with E-state index in [9.17, 15) is 14.4 Å². The van der Waals surface area contributed by atoms with Crippen molar-refractivity contribution in [1.29, 1.82) is 0 Å². The van der Waals surface area contributed by atoms with Crippen LogP contribution in [0.5, 0.6) is 0 Å². The van der Waals surface area contributed by atoms with E-state index in [1.54, 1.807) is 25.1 Å². The zero-order chi connectivity index (χ0) is 20.0. The van der Waals surface area contributed by atoms with E-state index in [-0.39, 0.29) is 24.3 Å². The second-order valence-electron chi connectivity index (χ2n) is 6.72. The predicted molar refractivity (Wildman–Crippen MR) is 107 cm³/mol. The van der Waals surface area contributed by atoms with Gasteiger partial charge in [0, 0.05) is 13.5 Å². The Hall–Kier alpha value is -1.79. The van der Waals surface area contributed by atoms with Gasteiger partial charge in [-0.05, 0) is 37.8 Å². The van der Waals surface area contributed by atoms with Crippen molar-refractivity contribution in [1.82, 2.24) is 10.2 Å². The summed E-state index contributed by atoms with van der Waals surface area (Å²) in [6.07, 6.45) is 3.89. The van der Waals surface area contributed by atoms with Crippen LogP contribution in [-0.2, 0) is 14.4 Å². The third-order valence-electron chi connectivity index (χ3n) is 4.75. The van der Waals surface area contributed by atoms with E-state index in [2.05, 4.69) is 10.6 Å². The van der Waals surface area contributed by atoms with Crippen LogP contribution in [0.25, 0.3) is 0 Å². The van der Waals surface area contributed by atoms with Crippen LogP contribution in [0.15, 0.2) is 18.2 Å². The first-order valence-corrected chi connectivity index (χ1v) is 9.88. The minimum Gasteiger partial charge on any atom is -0.344 e. The molecule has 0 spiro atoms. The number of hydrogen-bond acceptors (Lipinski definition) is 3. The van der Waals surface area contributed by atoms with Gasteiger partial charge < -0.3 is 15.5 Å². The fourth-order valence-corrected chi connectivity index (χ4v) is 3.89. The van der Waals surface area contributed by atoms with E-state index in [1.165, 1.54) is 11.8 Å². The lowest BCUT2D eigenvalue weighted by atomic mass is 9.96. The second-order valence-corrected chi connectivity index (χ2v) is 7.53. The van der Waals surface area contributed by atoms with Crippen molar-refractivity contribution >= 4 is 46.6 Å². The Kier molecular flexibility index (Phi) is 7.92. The maximum absolute atomic E-state index is 13.0. The highest BCUT2D eigenvalue weighted by atomic mass is 35.5. The lowest BCUT2D eigenvalue weighted by molar-refractivity contribution is -0.139. The van der Waals surface area contributed by atoms with E-state index in [0.29, 0.717) is 22.3 Å². The van der Waals surface area contributed by atoms with Crippen LogP contribution in [-0.4, -0.2) is 41.8 Å². The van der Waals surface area contributed by atoms with Crippen molar-refractivity contribution in [3.8, 4) is 0 Å². The van der Waals surface area contributed by atoms with E-state index in [0.717, 1.165) is 25.7 Å². The molecule has 6 nitrogen and oxygen atoms in total. The number of para-hydroxylation sites is 1. The highest BCUT2D eigenvalue weighted by Crippen LogP contribution is 2.30. The van der Waals surface area contributed by atoms with Crippen LogP contribution in [0.4, 0.5) is 5.69 Å². The minimum atomic E-state index is -0.596. The number of hydrogen-bond donors (Lipinski definition) is 2. The van der Waals surface area contributed by atoms with Crippen LogP contribution in [0.1, 0.15) is 39.5 Å². The summed E-state index contributed by atoms with van der Waals surface area (Å²) >= 11 is 12.1. The van der Waals surface area contributed by atoms with Crippen LogP contribution >= 0.6 is 23.2 Å². The minimum absolute atomic E-state index is 0.108. The summed E-state index contributed by atoms with van der Waals surface area (Å²) in [5, 5.41) is 6.09. The van der Waals surface area contributed by atoms with Gasteiger partial charge in [0.25, 0.3) is 0 Å². The number of amides is 3. The van der Waals surface area contributed by atoms with Crippen molar-refractivity contribution in [3.63, 3.8) is 0 Å². The molecule has 8 heteroatoms. The van der Waals surface area contributed by atoms with E-state index >= 15 is 0 Å². The third kappa shape index (κ3) is 5.84. The summed E-state index contributed by atoms with van der Waals surface area (Å²) in [5.74, 6) is -0.770. The Morgan fingerprint density at radius 2 is 1.78 bits per heavy atom. The molecule has 1 unspecified atom stereocenters. The molecule has 0 radical (unpaired) electrons. The number of anilines is 1. The Morgan fingerprint density at radius 3 is 2.30 bits per heavy atom. The number of nitrogens with zero attached hydrogens (tertiary/aromatic N) is 1. The highest BCUT2D eigenvalue weighted by molar-refractivity contribution is 6.39. The highest BCUT2D eigenvalue weighted by Gasteiger charge is 2.34. The van der Waals surface area contributed by atoms with Gasteiger partial charge in [-0.2, -0.15) is 0 Å². The first-order chi connectivity index (χ1) is 12.8. The van der Waals surface area contributed by atoms with Gasteiger partial charge in [0.15, 0.2) is 0 Å². The summed E-state index contributed by atoms with van der Waals surface area (Å²) < 4.78 is 0. The normalized spacial score (nSPS) is 15.3. The molecule has 0 heterocycles. The molecule has 1 aliphatic carbocycles. The molecule has 2 N–H and O–H groups in total. The molecule has 1 aromatic carbocycles. The quantitative estimate of drug-likeness (QED) is 0.717. The maximum atomic E-state index is 13.0. The van der Waals surface area contributed by atoms with Gasteiger partial charge >= 0.3 is 0 Å². The maximum Gasteiger partial charge on any atom is 0.245 e. The number of rotatable bonds is 7. The number of halogens is 2. The molecular weight excluding hydrogens is 389 g/mol. The molecule has 1 aliphatic rings.